The molecule has 1 atom stereocenters. The fourth-order valence-corrected chi connectivity index (χ4v) is 4.49. The van der Waals surface area contributed by atoms with E-state index in [1.54, 1.807) is 38.4 Å². The molecule has 170 valence electrons. The molecule has 0 radical (unpaired) electrons. The topological polar surface area (TPSA) is 82.6 Å². The number of ether oxygens (including phenoxy) is 1. The number of nitrogens with zero attached hydrogens (tertiary/aromatic N) is 1. The second-order valence-electron chi connectivity index (χ2n) is 8.12. The molecule has 1 unspecified atom stereocenters. The zero-order chi connectivity index (χ0) is 24.0. The predicted octanol–water partition coefficient (Wildman–Crippen LogP) is 5.25. The Morgan fingerprint density at radius 2 is 1.79 bits per heavy atom. The molecule has 1 aliphatic heterocycles. The lowest BCUT2D eigenvalue weighted by molar-refractivity contribution is -0.132. The van der Waals surface area contributed by atoms with Crippen LogP contribution >= 0.6 is 0 Å². The molecule has 4 aromatic rings. The van der Waals surface area contributed by atoms with Crippen molar-refractivity contribution in [2.24, 2.45) is 0 Å². The second-order valence-corrected chi connectivity index (χ2v) is 8.12. The number of para-hydroxylation sites is 1. The fourth-order valence-electron chi connectivity index (χ4n) is 4.49. The quantitative estimate of drug-likeness (QED) is 0.250. The van der Waals surface area contributed by atoms with Crippen molar-refractivity contribution in [3.63, 3.8) is 0 Å². The van der Waals surface area contributed by atoms with Gasteiger partial charge in [-0.25, -0.2) is 4.39 Å². The third-order valence-corrected chi connectivity index (χ3v) is 6.15. The third kappa shape index (κ3) is 3.33. The first kappa shape index (κ1) is 21.5. The molecule has 1 aliphatic rings. The van der Waals surface area contributed by atoms with Crippen molar-refractivity contribution in [2.75, 3.05) is 12.0 Å². The van der Waals surface area contributed by atoms with Crippen molar-refractivity contribution in [3.05, 3.63) is 101 Å². The molecule has 0 spiro atoms. The van der Waals surface area contributed by atoms with E-state index in [9.17, 15) is 19.1 Å². The first-order chi connectivity index (χ1) is 16.4. The minimum atomic E-state index is -0.914. The molecule has 1 saturated heterocycles. The molecule has 5 rings (SSSR count). The molecule has 0 aliphatic carbocycles. The number of aliphatic hydroxyl groups excluding tert-OH is 1. The Bertz CT molecular complexity index is 1470. The van der Waals surface area contributed by atoms with Crippen LogP contribution in [0.1, 0.15) is 22.7 Å². The summed E-state index contributed by atoms with van der Waals surface area (Å²) < 4.78 is 18.9. The number of amides is 1. The zero-order valence-electron chi connectivity index (χ0n) is 18.5. The van der Waals surface area contributed by atoms with Gasteiger partial charge in [0.25, 0.3) is 11.7 Å². The van der Waals surface area contributed by atoms with E-state index in [-0.39, 0.29) is 11.3 Å². The summed E-state index contributed by atoms with van der Waals surface area (Å²) in [5, 5.41) is 12.2. The number of hydrogen-bond acceptors (Lipinski definition) is 4. The smallest absolute Gasteiger partial charge is 0.300 e. The van der Waals surface area contributed by atoms with Crippen molar-refractivity contribution in [2.45, 2.75) is 13.0 Å². The molecule has 34 heavy (non-hydrogen) atoms. The van der Waals surface area contributed by atoms with Gasteiger partial charge in [-0.05, 0) is 61.0 Å². The van der Waals surface area contributed by atoms with Gasteiger partial charge in [0.1, 0.15) is 17.3 Å². The molecule has 1 aromatic heterocycles. The van der Waals surface area contributed by atoms with E-state index >= 15 is 0 Å². The number of aromatic amines is 1. The number of Topliss-reactive ketones (excluding diaryl/α,β-unsaturated/α-hetero) is 1. The van der Waals surface area contributed by atoms with E-state index in [4.69, 9.17) is 4.74 Å². The van der Waals surface area contributed by atoms with Gasteiger partial charge in [-0.2, -0.15) is 0 Å². The highest BCUT2D eigenvalue weighted by atomic mass is 19.1. The van der Waals surface area contributed by atoms with Crippen LogP contribution in [0.25, 0.3) is 16.7 Å². The van der Waals surface area contributed by atoms with Crippen molar-refractivity contribution in [1.29, 1.82) is 0 Å². The van der Waals surface area contributed by atoms with E-state index in [0.717, 1.165) is 10.9 Å². The SMILES string of the molecule is COc1ccc(/C(O)=C2\C(=O)C(=O)N(c3ccc(F)cc3)C2c2c[nH]c3ccccc23)c(C)c1. The molecular formula is C27H21FN2O4. The van der Waals surface area contributed by atoms with Gasteiger partial charge in [0, 0.05) is 33.9 Å². The number of carbonyl (C=O) groups excluding carboxylic acids is 2. The van der Waals surface area contributed by atoms with Gasteiger partial charge in [-0.1, -0.05) is 18.2 Å². The average Bonchev–Trinajstić information content (AvgIpc) is 3.38. The minimum Gasteiger partial charge on any atom is -0.507 e. The summed E-state index contributed by atoms with van der Waals surface area (Å²) in [7, 11) is 1.54. The lowest BCUT2D eigenvalue weighted by Crippen LogP contribution is -2.29. The van der Waals surface area contributed by atoms with Gasteiger partial charge in [0.15, 0.2) is 0 Å². The summed E-state index contributed by atoms with van der Waals surface area (Å²) in [5.74, 6) is -1.74. The van der Waals surface area contributed by atoms with Gasteiger partial charge in [-0.3, -0.25) is 14.5 Å². The molecule has 3 aromatic carbocycles. The average molecular weight is 456 g/mol. The van der Waals surface area contributed by atoms with Crippen LogP contribution in [0.15, 0.2) is 78.5 Å². The molecule has 2 N–H and O–H groups in total. The Morgan fingerprint density at radius 3 is 2.50 bits per heavy atom. The summed E-state index contributed by atoms with van der Waals surface area (Å²) >= 11 is 0. The summed E-state index contributed by atoms with van der Waals surface area (Å²) in [5.41, 5.74) is 2.89. The van der Waals surface area contributed by atoms with Gasteiger partial charge in [0.2, 0.25) is 0 Å². The Morgan fingerprint density at radius 1 is 1.06 bits per heavy atom. The molecule has 6 nitrogen and oxygen atoms in total. The number of hydrogen-bond donors (Lipinski definition) is 2. The highest BCUT2D eigenvalue weighted by molar-refractivity contribution is 6.51. The number of H-pyrrole nitrogens is 1. The number of benzene rings is 3. The number of aromatic nitrogens is 1. The largest absolute Gasteiger partial charge is 0.507 e. The lowest BCUT2D eigenvalue weighted by Gasteiger charge is -2.25. The number of rotatable bonds is 4. The highest BCUT2D eigenvalue weighted by Gasteiger charge is 2.47. The number of halogens is 1. The van der Waals surface area contributed by atoms with Gasteiger partial charge in [0.05, 0.1) is 18.7 Å². The number of anilines is 1. The number of aryl methyl sites for hydroxylation is 1. The van der Waals surface area contributed by atoms with E-state index in [1.165, 1.54) is 29.2 Å². The fraction of sp³-hybridized carbons (Fsp3) is 0.111. The monoisotopic (exact) mass is 456 g/mol. The van der Waals surface area contributed by atoms with Gasteiger partial charge in [-0.15, -0.1) is 0 Å². The van der Waals surface area contributed by atoms with Crippen molar-refractivity contribution in [1.82, 2.24) is 4.98 Å². The number of methoxy groups -OCH3 is 1. The Kier molecular flexibility index (Phi) is 5.17. The zero-order valence-corrected chi connectivity index (χ0v) is 18.5. The molecule has 7 heteroatoms. The van der Waals surface area contributed by atoms with E-state index in [0.29, 0.717) is 28.1 Å². The van der Waals surface area contributed by atoms with Crippen LogP contribution in [0, 0.1) is 12.7 Å². The standard InChI is InChI=1S/C27H21FN2O4/c1-15-13-18(34-2)11-12-19(15)25(31)23-24(21-14-29-22-6-4-3-5-20(21)22)30(27(33)26(23)32)17-9-7-16(28)8-10-17/h3-14,24,29,31H,1-2H3/b25-23+. The van der Waals surface area contributed by atoms with E-state index in [1.807, 2.05) is 24.3 Å². The Labute approximate surface area is 194 Å². The molecule has 0 bridgehead atoms. The molecule has 1 fully saturated rings. The Hall–Kier alpha value is -4.39. The highest BCUT2D eigenvalue weighted by Crippen LogP contribution is 2.44. The number of aliphatic hydroxyl groups is 1. The molecule has 2 heterocycles. The third-order valence-electron chi connectivity index (χ3n) is 6.15. The van der Waals surface area contributed by atoms with Crippen LogP contribution in [-0.4, -0.2) is 28.9 Å². The van der Waals surface area contributed by atoms with Crippen molar-refractivity contribution >= 4 is 34.0 Å². The maximum Gasteiger partial charge on any atom is 0.300 e. The van der Waals surface area contributed by atoms with Crippen molar-refractivity contribution < 1.29 is 23.8 Å². The maximum absolute atomic E-state index is 13.6. The first-order valence-corrected chi connectivity index (χ1v) is 10.7. The summed E-state index contributed by atoms with van der Waals surface area (Å²) in [6, 6.07) is 17.0. The Balaban J connectivity index is 1.77. The molecule has 0 saturated carbocycles. The van der Waals surface area contributed by atoms with E-state index < -0.39 is 23.5 Å². The van der Waals surface area contributed by atoms with Gasteiger partial charge < -0.3 is 14.8 Å². The van der Waals surface area contributed by atoms with Crippen LogP contribution in [0.3, 0.4) is 0 Å². The molecular weight excluding hydrogens is 435 g/mol. The summed E-state index contributed by atoms with van der Waals surface area (Å²) in [4.78, 5) is 31.1. The van der Waals surface area contributed by atoms with Crippen LogP contribution in [0.2, 0.25) is 0 Å². The lowest BCUT2D eigenvalue weighted by atomic mass is 9.93. The normalized spacial score (nSPS) is 17.5. The van der Waals surface area contributed by atoms with Gasteiger partial charge >= 0.3 is 0 Å². The summed E-state index contributed by atoms with van der Waals surface area (Å²) in [6.07, 6.45) is 1.73. The number of nitrogens with one attached hydrogen (secondary N) is 1. The van der Waals surface area contributed by atoms with Crippen LogP contribution < -0.4 is 9.64 Å². The second kappa shape index (κ2) is 8.19. The minimum absolute atomic E-state index is 0.0349. The van der Waals surface area contributed by atoms with Crippen LogP contribution in [0.4, 0.5) is 10.1 Å². The van der Waals surface area contributed by atoms with E-state index in [2.05, 4.69) is 4.98 Å². The van der Waals surface area contributed by atoms with Crippen LogP contribution in [0.5, 0.6) is 5.75 Å². The number of ketones is 1. The maximum atomic E-state index is 13.6. The molecule has 1 amide bonds. The van der Waals surface area contributed by atoms with Crippen molar-refractivity contribution in [3.8, 4) is 5.75 Å². The summed E-state index contributed by atoms with van der Waals surface area (Å²) in [6.45, 7) is 1.79. The number of fused-ring (bicyclic) bond motifs is 1. The van der Waals surface area contributed by atoms with Crippen LogP contribution in [-0.2, 0) is 9.59 Å². The number of carbonyl (C=O) groups is 2. The first-order valence-electron chi connectivity index (χ1n) is 10.7. The predicted molar refractivity (Wildman–Crippen MR) is 127 cm³/mol.